The van der Waals surface area contributed by atoms with Crippen molar-refractivity contribution in [3.63, 3.8) is 0 Å². The summed E-state index contributed by atoms with van der Waals surface area (Å²) in [6, 6.07) is 7.42. The molecule has 1 radical (unpaired) electrons. The fourth-order valence-corrected chi connectivity index (χ4v) is 2.67. The first kappa shape index (κ1) is 26.8. The molecular weight excluding hydrogens is 351 g/mol. The van der Waals surface area contributed by atoms with Crippen molar-refractivity contribution in [3.8, 4) is 0 Å². The third-order valence-corrected chi connectivity index (χ3v) is 4.39. The summed E-state index contributed by atoms with van der Waals surface area (Å²) in [6.07, 6.45) is 11.2. The van der Waals surface area contributed by atoms with Crippen LogP contribution in [0.15, 0.2) is 35.2 Å². The molecule has 1 aromatic carbocycles. The first-order valence-electron chi connectivity index (χ1n) is 8.60. The third kappa shape index (κ3) is 18.2. The molecule has 0 heterocycles. The summed E-state index contributed by atoms with van der Waals surface area (Å²) in [4.78, 5) is 10.0. The van der Waals surface area contributed by atoms with Crippen LogP contribution in [0.25, 0.3) is 0 Å². The molecule has 25 heavy (non-hydrogen) atoms. The molecular formula is C18H30NaO5S. The molecule has 0 spiro atoms. The van der Waals surface area contributed by atoms with Crippen LogP contribution in [0.5, 0.6) is 0 Å². The van der Waals surface area contributed by atoms with E-state index in [9.17, 15) is 18.3 Å². The summed E-state index contributed by atoms with van der Waals surface area (Å²) < 4.78 is 29.2. The van der Waals surface area contributed by atoms with Crippen molar-refractivity contribution in [1.82, 2.24) is 0 Å². The fraction of sp³-hybridized carbons (Fsp3) is 0.611. The van der Waals surface area contributed by atoms with Gasteiger partial charge in [-0.05, 0) is 18.6 Å². The van der Waals surface area contributed by atoms with Gasteiger partial charge in [-0.2, -0.15) is 8.42 Å². The van der Waals surface area contributed by atoms with E-state index in [0.29, 0.717) is 0 Å². The van der Waals surface area contributed by atoms with Crippen LogP contribution in [-0.4, -0.2) is 48.5 Å². The molecule has 0 unspecified atom stereocenters. The molecule has 7 heteroatoms. The van der Waals surface area contributed by atoms with E-state index in [1.54, 1.807) is 18.2 Å². The number of unbranched alkanes of at least 4 members (excludes halogenated alkanes) is 8. The van der Waals surface area contributed by atoms with Crippen LogP contribution in [-0.2, 0) is 20.0 Å². The first-order valence-corrected chi connectivity index (χ1v) is 10.0. The van der Waals surface area contributed by atoms with Gasteiger partial charge >= 0.3 is 35.5 Å². The van der Waals surface area contributed by atoms with Crippen molar-refractivity contribution in [2.24, 2.45) is 0 Å². The van der Waals surface area contributed by atoms with Gasteiger partial charge in [-0.1, -0.05) is 76.5 Å². The Bertz CT molecular complexity index is 532. The van der Waals surface area contributed by atoms with E-state index >= 15 is 0 Å². The van der Waals surface area contributed by atoms with Gasteiger partial charge in [0.25, 0.3) is 10.1 Å². The Morgan fingerprint density at radius 1 is 0.880 bits per heavy atom. The van der Waals surface area contributed by atoms with Gasteiger partial charge in [0.1, 0.15) is 0 Å². The Kier molecular flexibility index (Phi) is 18.3. The molecule has 1 rings (SSSR count). The molecule has 0 fully saturated rings. The van der Waals surface area contributed by atoms with Gasteiger partial charge in [0.15, 0.2) is 0 Å². The number of rotatable bonds is 11. The molecule has 0 saturated heterocycles. The molecule has 0 saturated carbocycles. The fourth-order valence-electron chi connectivity index (χ4n) is 2.17. The van der Waals surface area contributed by atoms with Crippen molar-refractivity contribution in [2.45, 2.75) is 76.0 Å². The maximum absolute atomic E-state index is 10.4. The second kappa shape index (κ2) is 17.0. The molecule has 0 amide bonds. The van der Waals surface area contributed by atoms with Gasteiger partial charge < -0.3 is 0 Å². The second-order valence-corrected chi connectivity index (χ2v) is 7.16. The minimum atomic E-state index is -4.00. The van der Waals surface area contributed by atoms with Gasteiger partial charge in [0, 0.05) is 0 Å². The zero-order valence-electron chi connectivity index (χ0n) is 14.4. The van der Waals surface area contributed by atoms with Gasteiger partial charge in [0.05, 0.1) is 11.3 Å². The van der Waals surface area contributed by atoms with Crippen LogP contribution >= 0.6 is 0 Å². The quantitative estimate of drug-likeness (QED) is 0.354. The van der Waals surface area contributed by atoms with E-state index in [2.05, 4.69) is 6.92 Å². The number of hydrogen-bond donors (Lipinski definition) is 1. The van der Waals surface area contributed by atoms with Crippen LogP contribution in [0, 0.1) is 0 Å². The predicted molar refractivity (Wildman–Crippen MR) is 101 cm³/mol. The van der Waals surface area contributed by atoms with E-state index in [-0.39, 0.29) is 40.9 Å². The Balaban J connectivity index is 0. The summed E-state index contributed by atoms with van der Waals surface area (Å²) in [6.45, 7) is 2.22. The molecule has 139 valence electrons. The average Bonchev–Trinajstić information content (AvgIpc) is 2.54. The SMILES string of the molecule is CCCCCCCCCCCC([O])=O.O=S(=O)(O)c1ccccc1.[NaH]. The van der Waals surface area contributed by atoms with Crippen molar-refractivity contribution < 1.29 is 22.9 Å². The van der Waals surface area contributed by atoms with Crippen molar-refractivity contribution >= 4 is 45.6 Å². The molecule has 1 aromatic rings. The molecule has 0 aliphatic heterocycles. The number of carbonyl (C=O) groups excluding carboxylic acids is 1. The first-order chi connectivity index (χ1) is 11.4. The molecule has 1 N–H and O–H groups in total. The van der Waals surface area contributed by atoms with Crippen LogP contribution in [0.1, 0.15) is 71.1 Å². The molecule has 5 nitrogen and oxygen atoms in total. The monoisotopic (exact) mass is 381 g/mol. The third-order valence-electron chi connectivity index (χ3n) is 3.53. The van der Waals surface area contributed by atoms with E-state index in [0.717, 1.165) is 12.8 Å². The summed E-state index contributed by atoms with van der Waals surface area (Å²) in [5, 5.41) is 10.1. The minimum absolute atomic E-state index is 0. The Hall–Kier alpha value is -0.400. The van der Waals surface area contributed by atoms with Gasteiger partial charge in [0.2, 0.25) is 0 Å². The normalized spacial score (nSPS) is 10.3. The second-order valence-electron chi connectivity index (χ2n) is 5.74. The van der Waals surface area contributed by atoms with Crippen molar-refractivity contribution in [3.05, 3.63) is 30.3 Å². The summed E-state index contributed by atoms with van der Waals surface area (Å²) in [5.74, 6) is -0.909. The topological polar surface area (TPSA) is 91.3 Å². The van der Waals surface area contributed by atoms with E-state index in [1.165, 1.54) is 57.1 Å². The molecule has 0 atom stereocenters. The molecule has 0 aliphatic carbocycles. The van der Waals surface area contributed by atoms with Crippen molar-refractivity contribution in [2.75, 3.05) is 0 Å². The Labute approximate surface area is 174 Å². The summed E-state index contributed by atoms with van der Waals surface area (Å²) in [7, 11) is -4.00. The zero-order chi connectivity index (χ0) is 18.3. The molecule has 0 bridgehead atoms. The summed E-state index contributed by atoms with van der Waals surface area (Å²) >= 11 is 0. The van der Waals surface area contributed by atoms with Gasteiger partial charge in [-0.25, -0.2) is 9.90 Å². The van der Waals surface area contributed by atoms with Crippen LogP contribution in [0.4, 0.5) is 0 Å². The van der Waals surface area contributed by atoms with Crippen LogP contribution in [0.2, 0.25) is 0 Å². The average molecular weight is 381 g/mol. The van der Waals surface area contributed by atoms with E-state index in [1.807, 2.05) is 0 Å². The van der Waals surface area contributed by atoms with Crippen molar-refractivity contribution in [1.29, 1.82) is 0 Å². The van der Waals surface area contributed by atoms with E-state index in [4.69, 9.17) is 4.55 Å². The number of carbonyl (C=O) groups is 1. The predicted octanol–water partition coefficient (Wildman–Crippen LogP) is 4.15. The Morgan fingerprint density at radius 3 is 1.68 bits per heavy atom. The van der Waals surface area contributed by atoms with Gasteiger partial charge in [-0.15, -0.1) is 0 Å². The van der Waals surface area contributed by atoms with Gasteiger partial charge in [-0.3, -0.25) is 4.55 Å². The molecule has 0 aromatic heterocycles. The standard InChI is InChI=1S/C12H23O2.C6H6O3S.Na.H/c1-2-3-4-5-6-7-8-9-10-11-12(13)14;7-10(8,9)6-4-2-1-3-5-6;;/h2-11H2,1H3;1-5H,(H,7,8,9);;. The molecule has 0 aliphatic rings. The zero-order valence-corrected chi connectivity index (χ0v) is 15.3. The van der Waals surface area contributed by atoms with Crippen LogP contribution in [0.3, 0.4) is 0 Å². The number of benzene rings is 1. The van der Waals surface area contributed by atoms with E-state index < -0.39 is 16.1 Å². The van der Waals surface area contributed by atoms with Crippen LogP contribution < -0.4 is 0 Å². The Morgan fingerprint density at radius 2 is 1.32 bits per heavy atom. The maximum atomic E-state index is 10.4. The summed E-state index contributed by atoms with van der Waals surface area (Å²) in [5.41, 5.74) is 0. The number of hydrogen-bond acceptors (Lipinski definition) is 3.